The van der Waals surface area contributed by atoms with Crippen molar-refractivity contribution in [2.45, 2.75) is 5.41 Å². The van der Waals surface area contributed by atoms with Crippen LogP contribution in [-0.4, -0.2) is 0 Å². The normalized spacial score (nSPS) is 13.6. The second-order valence-electron chi connectivity index (χ2n) is 16.8. The van der Waals surface area contributed by atoms with Crippen molar-refractivity contribution in [3.63, 3.8) is 0 Å². The molecule has 0 fully saturated rings. The zero-order chi connectivity index (χ0) is 46.4. The first kappa shape index (κ1) is 33.1. The quantitative estimate of drug-likeness (QED) is 0.149. The van der Waals surface area contributed by atoms with Crippen LogP contribution in [-0.2, 0) is 5.41 Å². The minimum absolute atomic E-state index is 0.135. The summed E-state index contributed by atoms with van der Waals surface area (Å²) in [7, 11) is 0. The summed E-state index contributed by atoms with van der Waals surface area (Å²) in [6, 6.07) is 76.6. The largest absolute Gasteiger partial charge is 0.456 e. The van der Waals surface area contributed by atoms with E-state index in [4.69, 9.17) is 4.42 Å². The van der Waals surface area contributed by atoms with Crippen LogP contribution in [0, 0.1) is 0 Å². The predicted molar refractivity (Wildman–Crippen MR) is 272 cm³/mol. The zero-order valence-electron chi connectivity index (χ0n) is 39.2. The molecular weight excluding hydrogens is 787 g/mol. The molecule has 0 amide bonds. The summed E-state index contributed by atoms with van der Waals surface area (Å²) < 4.78 is 45.8. The van der Waals surface area contributed by atoms with Crippen molar-refractivity contribution in [2.24, 2.45) is 0 Å². The molecule has 0 saturated heterocycles. The summed E-state index contributed by atoms with van der Waals surface area (Å²) >= 11 is 0. The first-order valence-corrected chi connectivity index (χ1v) is 22.1. The molecule has 1 heterocycles. The SMILES string of the molecule is [2H]c1c([2H])c(N(c2ccc(-c3cc4ccccc4c4ccccc34)cc2)c2ccc3c(c2)C(c2ccccc2)(c2ccccc2)c2ccccc2-3)c([2H])c([2H])c1-c1cccc2oc3ccccc3c12. The molecule has 1 aliphatic carbocycles. The lowest BCUT2D eigenvalue weighted by atomic mass is 9.67. The molecule has 0 spiro atoms. The fourth-order valence-electron chi connectivity index (χ4n) is 10.6. The van der Waals surface area contributed by atoms with Gasteiger partial charge in [-0.3, -0.25) is 0 Å². The standard InChI is InChI=1S/C63H41NO/c1-3-17-45(18-4-1)63(46-19-5-2-6-20-46)58-27-13-11-24-54(58)55-39-38-49(41-59(55)63)64(47-34-30-42(31-35-47)51-26-15-29-61-62(51)56-25-12-14-28-60(56)65-61)48-36-32-43(33-37-48)57-40-44-16-7-8-21-50(44)52-22-9-10-23-53(52)57/h1-41H/i30D,31D,34D,35D. The van der Waals surface area contributed by atoms with Crippen LogP contribution < -0.4 is 4.90 Å². The van der Waals surface area contributed by atoms with Gasteiger partial charge < -0.3 is 9.32 Å². The Kier molecular flexibility index (Phi) is 7.56. The molecule has 12 aromatic rings. The molecule has 0 N–H and O–H groups in total. The molecule has 0 saturated carbocycles. The Morgan fingerprint density at radius 2 is 0.938 bits per heavy atom. The molecule has 65 heavy (non-hydrogen) atoms. The van der Waals surface area contributed by atoms with Gasteiger partial charge in [0.2, 0.25) is 0 Å². The first-order chi connectivity index (χ1) is 33.9. The average molecular weight is 832 g/mol. The van der Waals surface area contributed by atoms with Gasteiger partial charge in [0, 0.05) is 27.8 Å². The second-order valence-corrected chi connectivity index (χ2v) is 16.8. The molecular formula is C63H41NO. The Hall–Kier alpha value is -8.46. The highest BCUT2D eigenvalue weighted by atomic mass is 16.3. The molecule has 0 radical (unpaired) electrons. The van der Waals surface area contributed by atoms with Gasteiger partial charge in [0.25, 0.3) is 0 Å². The third-order valence-corrected chi connectivity index (χ3v) is 13.4. The molecule has 13 rings (SSSR count). The van der Waals surface area contributed by atoms with Crippen molar-refractivity contribution in [3.8, 4) is 33.4 Å². The molecule has 2 heteroatoms. The van der Waals surface area contributed by atoms with E-state index >= 15 is 0 Å². The summed E-state index contributed by atoms with van der Waals surface area (Å²) in [6.07, 6.45) is 0. The molecule has 0 atom stereocenters. The van der Waals surface area contributed by atoms with Gasteiger partial charge in [0.15, 0.2) is 0 Å². The van der Waals surface area contributed by atoms with E-state index in [1.165, 1.54) is 16.3 Å². The molecule has 0 bridgehead atoms. The predicted octanol–water partition coefficient (Wildman–Crippen LogP) is 17.1. The molecule has 2 nitrogen and oxygen atoms in total. The average Bonchev–Trinajstić information content (AvgIpc) is 3.94. The number of hydrogen-bond acceptors (Lipinski definition) is 2. The fraction of sp³-hybridized carbons (Fsp3) is 0.0159. The van der Waals surface area contributed by atoms with Crippen LogP contribution in [0.4, 0.5) is 17.1 Å². The number of anilines is 3. The third-order valence-electron chi connectivity index (χ3n) is 13.4. The number of hydrogen-bond donors (Lipinski definition) is 0. The highest BCUT2D eigenvalue weighted by molar-refractivity contribution is 6.14. The maximum Gasteiger partial charge on any atom is 0.136 e. The zero-order valence-corrected chi connectivity index (χ0v) is 35.2. The summed E-state index contributed by atoms with van der Waals surface area (Å²) in [4.78, 5) is 1.92. The number of para-hydroxylation sites is 1. The van der Waals surface area contributed by atoms with Crippen LogP contribution in [0.1, 0.15) is 27.7 Å². The van der Waals surface area contributed by atoms with Gasteiger partial charge in [-0.1, -0.05) is 194 Å². The number of benzene rings is 11. The van der Waals surface area contributed by atoms with Crippen LogP contribution in [0.15, 0.2) is 253 Å². The second kappa shape index (κ2) is 14.8. The molecule has 1 aliphatic rings. The highest BCUT2D eigenvalue weighted by Gasteiger charge is 2.46. The van der Waals surface area contributed by atoms with Crippen LogP contribution in [0.3, 0.4) is 0 Å². The summed E-state index contributed by atoms with van der Waals surface area (Å²) in [5.41, 5.74) is 11.8. The van der Waals surface area contributed by atoms with E-state index in [9.17, 15) is 5.48 Å². The van der Waals surface area contributed by atoms with Gasteiger partial charge >= 0.3 is 0 Å². The molecule has 11 aromatic carbocycles. The smallest absolute Gasteiger partial charge is 0.136 e. The number of nitrogens with zero attached hydrogens (tertiary/aromatic N) is 1. The van der Waals surface area contributed by atoms with E-state index in [1.54, 1.807) is 0 Å². The Morgan fingerprint density at radius 1 is 0.354 bits per heavy atom. The number of rotatable bonds is 7. The molecule has 304 valence electrons. The fourth-order valence-corrected chi connectivity index (χ4v) is 10.6. The van der Waals surface area contributed by atoms with E-state index in [1.807, 2.05) is 71.6 Å². The van der Waals surface area contributed by atoms with Gasteiger partial charge in [-0.15, -0.1) is 0 Å². The van der Waals surface area contributed by atoms with Crippen molar-refractivity contribution >= 4 is 60.5 Å². The van der Waals surface area contributed by atoms with Crippen molar-refractivity contribution < 1.29 is 9.90 Å². The van der Waals surface area contributed by atoms with Gasteiger partial charge in [-0.25, -0.2) is 0 Å². The highest BCUT2D eigenvalue weighted by Crippen LogP contribution is 2.57. The van der Waals surface area contributed by atoms with Gasteiger partial charge in [-0.05, 0) is 132 Å². The van der Waals surface area contributed by atoms with Gasteiger partial charge in [-0.2, -0.15) is 0 Å². The summed E-state index contributed by atoms with van der Waals surface area (Å²) in [6.45, 7) is 0. The minimum atomic E-state index is -0.707. The van der Waals surface area contributed by atoms with Crippen LogP contribution in [0.25, 0.3) is 76.9 Å². The number of fused-ring (bicyclic) bond motifs is 9. The molecule has 0 aliphatic heterocycles. The van der Waals surface area contributed by atoms with Gasteiger partial charge in [0.05, 0.1) is 10.9 Å². The first-order valence-electron chi connectivity index (χ1n) is 24.1. The van der Waals surface area contributed by atoms with Crippen molar-refractivity contribution in [3.05, 3.63) is 271 Å². The summed E-state index contributed by atoms with van der Waals surface area (Å²) in [5, 5.41) is 6.28. The van der Waals surface area contributed by atoms with Crippen LogP contribution in [0.5, 0.6) is 0 Å². The summed E-state index contributed by atoms with van der Waals surface area (Å²) in [5.74, 6) is 0. The van der Waals surface area contributed by atoms with E-state index in [0.717, 1.165) is 60.5 Å². The lowest BCUT2D eigenvalue weighted by Crippen LogP contribution is -2.28. The van der Waals surface area contributed by atoms with E-state index < -0.39 is 5.41 Å². The Bertz CT molecular complexity index is 3940. The Morgan fingerprint density at radius 3 is 1.71 bits per heavy atom. The van der Waals surface area contributed by atoms with Crippen molar-refractivity contribution in [1.29, 1.82) is 0 Å². The van der Waals surface area contributed by atoms with Crippen LogP contribution >= 0.6 is 0 Å². The molecule has 1 aromatic heterocycles. The monoisotopic (exact) mass is 831 g/mol. The minimum Gasteiger partial charge on any atom is -0.456 e. The van der Waals surface area contributed by atoms with E-state index in [-0.39, 0.29) is 35.4 Å². The van der Waals surface area contributed by atoms with Gasteiger partial charge in [0.1, 0.15) is 11.2 Å². The van der Waals surface area contributed by atoms with Crippen LogP contribution in [0.2, 0.25) is 0 Å². The topological polar surface area (TPSA) is 16.4 Å². The maximum atomic E-state index is 9.98. The number of furan rings is 1. The lowest BCUT2D eigenvalue weighted by Gasteiger charge is -2.35. The molecule has 0 unspecified atom stereocenters. The van der Waals surface area contributed by atoms with E-state index in [0.29, 0.717) is 28.1 Å². The van der Waals surface area contributed by atoms with Crippen molar-refractivity contribution in [2.75, 3.05) is 4.90 Å². The Labute approximate surface area is 383 Å². The Balaban J connectivity index is 1.06. The van der Waals surface area contributed by atoms with E-state index in [2.05, 4.69) is 158 Å². The lowest BCUT2D eigenvalue weighted by molar-refractivity contribution is 0.669. The van der Waals surface area contributed by atoms with Crippen molar-refractivity contribution in [1.82, 2.24) is 0 Å². The maximum absolute atomic E-state index is 9.98. The third kappa shape index (κ3) is 5.74.